The second-order valence-electron chi connectivity index (χ2n) is 4.66. The van der Waals surface area contributed by atoms with E-state index in [9.17, 15) is 4.79 Å². The van der Waals surface area contributed by atoms with E-state index in [1.54, 1.807) is 23.6 Å². The van der Waals surface area contributed by atoms with Gasteiger partial charge in [0.2, 0.25) is 5.91 Å². The maximum Gasteiger partial charge on any atom is 0.226 e. The van der Waals surface area contributed by atoms with Crippen LogP contribution in [0.2, 0.25) is 5.02 Å². The van der Waals surface area contributed by atoms with Gasteiger partial charge in [0.15, 0.2) is 0 Å². The van der Waals surface area contributed by atoms with E-state index >= 15 is 0 Å². The van der Waals surface area contributed by atoms with Crippen molar-refractivity contribution in [1.82, 2.24) is 19.7 Å². The third-order valence-electron chi connectivity index (χ3n) is 2.94. The maximum absolute atomic E-state index is 11.9. The van der Waals surface area contributed by atoms with Crippen LogP contribution in [0.25, 0.3) is 5.65 Å². The van der Waals surface area contributed by atoms with Crippen LogP contribution in [-0.4, -0.2) is 20.3 Å². The molecule has 0 spiro atoms. The Kier molecular flexibility index (Phi) is 3.90. The number of aryl methyl sites for hydroxylation is 1. The molecule has 21 heavy (non-hydrogen) atoms. The summed E-state index contributed by atoms with van der Waals surface area (Å²) in [4.78, 5) is 20.5. The summed E-state index contributed by atoms with van der Waals surface area (Å²) in [5.74, 6) is -0.0598. The van der Waals surface area contributed by atoms with E-state index in [1.165, 1.54) is 0 Å². The maximum atomic E-state index is 11.9. The smallest absolute Gasteiger partial charge is 0.226 e. The molecule has 0 aliphatic carbocycles. The Morgan fingerprint density at radius 3 is 2.95 bits per heavy atom. The Labute approximate surface area is 130 Å². The molecule has 3 aromatic rings. The molecule has 0 fully saturated rings. The van der Waals surface area contributed by atoms with E-state index in [1.807, 2.05) is 29.0 Å². The zero-order chi connectivity index (χ0) is 14.8. The molecule has 0 aromatic carbocycles. The molecular formula is C14H13ClN4OS. The average Bonchev–Trinajstić information content (AvgIpc) is 3.02. The van der Waals surface area contributed by atoms with Gasteiger partial charge in [0.05, 0.1) is 34.4 Å². The number of halogens is 1. The second kappa shape index (κ2) is 5.83. The van der Waals surface area contributed by atoms with Gasteiger partial charge in [-0.2, -0.15) is 0 Å². The van der Waals surface area contributed by atoms with E-state index in [4.69, 9.17) is 11.6 Å². The van der Waals surface area contributed by atoms with Gasteiger partial charge in [-0.05, 0) is 19.1 Å². The van der Waals surface area contributed by atoms with Gasteiger partial charge in [-0.25, -0.2) is 9.97 Å². The monoisotopic (exact) mass is 320 g/mol. The molecule has 0 atom stereocenters. The Hall–Kier alpha value is -1.92. The highest BCUT2D eigenvalue weighted by atomic mass is 35.5. The van der Waals surface area contributed by atoms with Crippen molar-refractivity contribution in [2.45, 2.75) is 19.9 Å². The predicted molar refractivity (Wildman–Crippen MR) is 82.6 cm³/mol. The van der Waals surface area contributed by atoms with Crippen molar-refractivity contribution in [3.05, 3.63) is 51.3 Å². The third-order valence-corrected chi connectivity index (χ3v) is 3.99. The zero-order valence-corrected chi connectivity index (χ0v) is 12.9. The molecule has 108 valence electrons. The van der Waals surface area contributed by atoms with Crippen LogP contribution < -0.4 is 5.32 Å². The minimum Gasteiger partial charge on any atom is -0.350 e. The van der Waals surface area contributed by atoms with Gasteiger partial charge in [0.25, 0.3) is 0 Å². The van der Waals surface area contributed by atoms with Crippen LogP contribution in [0.15, 0.2) is 29.9 Å². The van der Waals surface area contributed by atoms with Gasteiger partial charge in [-0.3, -0.25) is 4.79 Å². The molecule has 5 nitrogen and oxygen atoms in total. The second-order valence-corrected chi connectivity index (χ2v) is 6.16. The highest BCUT2D eigenvalue weighted by Gasteiger charge is 2.08. The molecule has 1 amide bonds. The summed E-state index contributed by atoms with van der Waals surface area (Å²) < 4.78 is 1.84. The minimum atomic E-state index is -0.0598. The summed E-state index contributed by atoms with van der Waals surface area (Å²) in [5.41, 5.74) is 2.40. The summed E-state index contributed by atoms with van der Waals surface area (Å²) in [7, 11) is 0. The molecule has 0 aliphatic rings. The van der Waals surface area contributed by atoms with Crippen molar-refractivity contribution in [3.63, 3.8) is 0 Å². The fourth-order valence-corrected chi connectivity index (χ4v) is 2.79. The lowest BCUT2D eigenvalue weighted by Gasteiger charge is -2.00. The number of fused-ring (bicyclic) bond motifs is 1. The number of carbonyl (C=O) groups excluding carboxylic acids is 1. The first kappa shape index (κ1) is 14.0. The predicted octanol–water partition coefficient (Wildman–Crippen LogP) is 2.61. The van der Waals surface area contributed by atoms with Crippen LogP contribution in [-0.2, 0) is 17.8 Å². The number of pyridine rings is 1. The van der Waals surface area contributed by atoms with Crippen molar-refractivity contribution >= 4 is 34.5 Å². The molecule has 3 rings (SSSR count). The molecule has 0 unspecified atom stereocenters. The number of carbonyl (C=O) groups is 1. The van der Waals surface area contributed by atoms with Gasteiger partial charge >= 0.3 is 0 Å². The molecular weight excluding hydrogens is 308 g/mol. The normalized spacial score (nSPS) is 11.0. The Morgan fingerprint density at radius 2 is 2.19 bits per heavy atom. The lowest BCUT2D eigenvalue weighted by molar-refractivity contribution is -0.120. The molecule has 0 bridgehead atoms. The molecule has 0 saturated heterocycles. The fraction of sp³-hybridized carbons (Fsp3) is 0.214. The summed E-state index contributed by atoms with van der Waals surface area (Å²) in [6.45, 7) is 2.31. The fourth-order valence-electron chi connectivity index (χ4n) is 2.01. The topological polar surface area (TPSA) is 59.3 Å². The van der Waals surface area contributed by atoms with Gasteiger partial charge in [0.1, 0.15) is 5.65 Å². The third kappa shape index (κ3) is 3.40. The van der Waals surface area contributed by atoms with Gasteiger partial charge in [-0.1, -0.05) is 11.6 Å². The van der Waals surface area contributed by atoms with Crippen molar-refractivity contribution in [2.24, 2.45) is 0 Å². The number of thiazole rings is 1. The Balaban J connectivity index is 1.61. The zero-order valence-electron chi connectivity index (χ0n) is 11.3. The first-order valence-corrected chi connectivity index (χ1v) is 7.67. The number of rotatable bonds is 4. The number of aromatic nitrogens is 3. The van der Waals surface area contributed by atoms with Gasteiger partial charge in [0, 0.05) is 17.8 Å². The highest BCUT2D eigenvalue weighted by Crippen LogP contribution is 2.12. The Morgan fingerprint density at radius 1 is 1.33 bits per heavy atom. The van der Waals surface area contributed by atoms with Gasteiger partial charge < -0.3 is 9.72 Å². The lowest BCUT2D eigenvalue weighted by Crippen LogP contribution is -2.24. The molecule has 0 saturated carbocycles. The summed E-state index contributed by atoms with van der Waals surface area (Å²) >= 11 is 7.47. The van der Waals surface area contributed by atoms with E-state index in [0.29, 0.717) is 18.0 Å². The van der Waals surface area contributed by atoms with Crippen molar-refractivity contribution < 1.29 is 4.79 Å². The van der Waals surface area contributed by atoms with E-state index < -0.39 is 0 Å². The molecule has 3 heterocycles. The summed E-state index contributed by atoms with van der Waals surface area (Å²) in [5, 5.41) is 6.37. The van der Waals surface area contributed by atoms with Crippen LogP contribution >= 0.6 is 22.9 Å². The number of nitrogens with zero attached hydrogens (tertiary/aromatic N) is 3. The molecule has 0 radical (unpaired) electrons. The van der Waals surface area contributed by atoms with Crippen LogP contribution in [0, 0.1) is 6.92 Å². The van der Waals surface area contributed by atoms with E-state index in [0.717, 1.165) is 22.0 Å². The minimum absolute atomic E-state index is 0.0598. The van der Waals surface area contributed by atoms with Crippen LogP contribution in [0.5, 0.6) is 0 Å². The number of hydrogen-bond acceptors (Lipinski definition) is 4. The number of amides is 1. The number of imidazole rings is 1. The number of hydrogen-bond donors (Lipinski definition) is 1. The van der Waals surface area contributed by atoms with Crippen LogP contribution in [0.4, 0.5) is 0 Å². The standard InChI is InChI=1S/C14H13ClN4OS/c1-9-17-11(8-21-9)4-14(20)16-5-12-7-19-6-10(15)2-3-13(19)18-12/h2-3,6-8H,4-5H2,1H3,(H,16,20). The molecule has 1 N–H and O–H groups in total. The van der Waals surface area contributed by atoms with E-state index in [-0.39, 0.29) is 5.91 Å². The molecule has 3 aromatic heterocycles. The van der Waals surface area contributed by atoms with E-state index in [2.05, 4.69) is 15.3 Å². The first-order valence-electron chi connectivity index (χ1n) is 6.41. The highest BCUT2D eigenvalue weighted by molar-refractivity contribution is 7.09. The van der Waals surface area contributed by atoms with Crippen molar-refractivity contribution in [2.75, 3.05) is 0 Å². The average molecular weight is 321 g/mol. The number of nitrogens with one attached hydrogen (secondary N) is 1. The quantitative estimate of drug-likeness (QED) is 0.804. The largest absolute Gasteiger partial charge is 0.350 e. The lowest BCUT2D eigenvalue weighted by atomic mass is 10.3. The SMILES string of the molecule is Cc1nc(CC(=O)NCc2cn3cc(Cl)ccc3n2)cs1. The van der Waals surface area contributed by atoms with Crippen LogP contribution in [0.1, 0.15) is 16.4 Å². The summed E-state index contributed by atoms with van der Waals surface area (Å²) in [6, 6.07) is 3.63. The molecule has 7 heteroatoms. The van der Waals surface area contributed by atoms with Crippen LogP contribution in [0.3, 0.4) is 0 Å². The Bertz CT molecular complexity index is 795. The first-order chi connectivity index (χ1) is 10.1. The van der Waals surface area contributed by atoms with Crippen molar-refractivity contribution in [3.8, 4) is 0 Å². The summed E-state index contributed by atoms with van der Waals surface area (Å²) in [6.07, 6.45) is 3.94. The van der Waals surface area contributed by atoms with Gasteiger partial charge in [-0.15, -0.1) is 11.3 Å². The van der Waals surface area contributed by atoms with Crippen molar-refractivity contribution in [1.29, 1.82) is 0 Å². The molecule has 0 aliphatic heterocycles.